The standard InChI is InChI=1S/C29H30FN5O3/c1-35-27-7-5-21(38-22-8-11-31-20(13-22)15-28(36)25-3-2-10-32-25)16-26(27)34-29(35)33-19-4-6-24(30)23(14-19)18-9-12-37-17-18/h4-8,11,13-14,16,18,25,32H,2-3,9-10,12,15,17H2,1H3,(H,33,34)/t18?,25-/m0/s1. The maximum atomic E-state index is 14.4. The molecule has 9 heteroatoms. The van der Waals surface area contributed by atoms with Gasteiger partial charge in [-0.2, -0.15) is 0 Å². The number of carbonyl (C=O) groups excluding carboxylic acids is 1. The summed E-state index contributed by atoms with van der Waals surface area (Å²) in [6.07, 6.45) is 4.68. The van der Waals surface area contributed by atoms with Crippen LogP contribution in [0.4, 0.5) is 16.0 Å². The first-order valence-corrected chi connectivity index (χ1v) is 13.0. The number of aromatic nitrogens is 3. The van der Waals surface area contributed by atoms with Gasteiger partial charge < -0.3 is 24.7 Å². The van der Waals surface area contributed by atoms with E-state index >= 15 is 0 Å². The number of carbonyl (C=O) groups is 1. The second-order valence-electron chi connectivity index (χ2n) is 9.94. The van der Waals surface area contributed by atoms with Crippen molar-refractivity contribution in [3.05, 3.63) is 71.8 Å². The lowest BCUT2D eigenvalue weighted by molar-refractivity contribution is -0.120. The van der Waals surface area contributed by atoms with E-state index in [0.29, 0.717) is 41.9 Å². The molecule has 2 saturated heterocycles. The van der Waals surface area contributed by atoms with Crippen LogP contribution in [0.3, 0.4) is 0 Å². The van der Waals surface area contributed by atoms with Gasteiger partial charge in [0.15, 0.2) is 5.78 Å². The maximum Gasteiger partial charge on any atom is 0.208 e. The summed E-state index contributed by atoms with van der Waals surface area (Å²) in [5.41, 5.74) is 3.82. The van der Waals surface area contributed by atoms with Gasteiger partial charge in [0.05, 0.1) is 35.8 Å². The first-order chi connectivity index (χ1) is 18.5. The molecule has 0 spiro atoms. The molecule has 2 atom stereocenters. The van der Waals surface area contributed by atoms with Crippen LogP contribution in [0.5, 0.6) is 11.5 Å². The highest BCUT2D eigenvalue weighted by atomic mass is 19.1. The number of hydrogen-bond acceptors (Lipinski definition) is 7. The number of aryl methyl sites for hydroxylation is 1. The normalized spacial score (nSPS) is 19.2. The molecule has 2 N–H and O–H groups in total. The van der Waals surface area contributed by atoms with Crippen LogP contribution in [0.2, 0.25) is 0 Å². The minimum absolute atomic E-state index is 0.0723. The van der Waals surface area contributed by atoms with E-state index < -0.39 is 0 Å². The predicted molar refractivity (Wildman–Crippen MR) is 143 cm³/mol. The average molecular weight is 516 g/mol. The molecule has 196 valence electrons. The van der Waals surface area contributed by atoms with Crippen molar-refractivity contribution in [2.24, 2.45) is 7.05 Å². The number of Topliss-reactive ketones (excluding diaryl/α,β-unsaturated/α-hetero) is 1. The number of nitrogens with zero attached hydrogens (tertiary/aromatic N) is 3. The summed E-state index contributed by atoms with van der Waals surface area (Å²) in [7, 11) is 1.93. The van der Waals surface area contributed by atoms with Crippen LogP contribution in [0.25, 0.3) is 11.0 Å². The number of ketones is 1. The van der Waals surface area contributed by atoms with E-state index in [2.05, 4.69) is 15.6 Å². The highest BCUT2D eigenvalue weighted by Gasteiger charge is 2.23. The number of anilines is 2. The van der Waals surface area contributed by atoms with E-state index in [1.165, 1.54) is 6.07 Å². The molecular weight excluding hydrogens is 485 g/mol. The van der Waals surface area contributed by atoms with E-state index in [1.807, 2.05) is 41.9 Å². The Morgan fingerprint density at radius 3 is 2.89 bits per heavy atom. The van der Waals surface area contributed by atoms with E-state index in [0.717, 1.165) is 42.5 Å². The summed E-state index contributed by atoms with van der Waals surface area (Å²) >= 11 is 0. The van der Waals surface area contributed by atoms with Gasteiger partial charge in [-0.05, 0) is 67.8 Å². The fourth-order valence-electron chi connectivity index (χ4n) is 5.21. The Labute approximate surface area is 220 Å². The molecule has 2 fully saturated rings. The molecule has 2 aromatic heterocycles. The van der Waals surface area contributed by atoms with Crippen molar-refractivity contribution in [1.29, 1.82) is 0 Å². The Bertz CT molecular complexity index is 1470. The molecule has 0 bridgehead atoms. The van der Waals surface area contributed by atoms with Gasteiger partial charge in [0.1, 0.15) is 17.3 Å². The second kappa shape index (κ2) is 10.5. The summed E-state index contributed by atoms with van der Waals surface area (Å²) < 4.78 is 27.9. The van der Waals surface area contributed by atoms with Gasteiger partial charge in [0.2, 0.25) is 5.95 Å². The van der Waals surface area contributed by atoms with Crippen molar-refractivity contribution in [2.75, 3.05) is 25.1 Å². The van der Waals surface area contributed by atoms with Gasteiger partial charge in [0.25, 0.3) is 0 Å². The molecule has 0 amide bonds. The molecule has 8 nitrogen and oxygen atoms in total. The quantitative estimate of drug-likeness (QED) is 0.341. The molecule has 2 aliphatic heterocycles. The summed E-state index contributed by atoms with van der Waals surface area (Å²) in [5.74, 6) is 1.91. The fraction of sp³-hybridized carbons (Fsp3) is 0.345. The van der Waals surface area contributed by atoms with Crippen LogP contribution in [0.1, 0.15) is 36.4 Å². The van der Waals surface area contributed by atoms with Crippen molar-refractivity contribution in [3.8, 4) is 11.5 Å². The van der Waals surface area contributed by atoms with Gasteiger partial charge in [-0.25, -0.2) is 9.37 Å². The maximum absolute atomic E-state index is 14.4. The Hall–Kier alpha value is -3.82. The summed E-state index contributed by atoms with van der Waals surface area (Å²) in [6.45, 7) is 2.09. The van der Waals surface area contributed by atoms with Crippen LogP contribution >= 0.6 is 0 Å². The zero-order valence-corrected chi connectivity index (χ0v) is 21.2. The highest BCUT2D eigenvalue weighted by molar-refractivity contribution is 5.86. The number of halogens is 1. The van der Waals surface area contributed by atoms with E-state index in [4.69, 9.17) is 14.5 Å². The third kappa shape index (κ3) is 5.12. The number of fused-ring (bicyclic) bond motifs is 1. The first kappa shape index (κ1) is 24.5. The molecule has 0 saturated carbocycles. The molecule has 0 radical (unpaired) electrons. The van der Waals surface area contributed by atoms with Gasteiger partial charge in [-0.15, -0.1) is 0 Å². The SMILES string of the molecule is Cn1c(Nc2ccc(F)c(C3CCOC3)c2)nc2cc(Oc3ccnc(CC(=O)[C@@H]4CCCN4)c3)ccc21. The molecule has 2 aliphatic rings. The summed E-state index contributed by atoms with van der Waals surface area (Å²) in [5, 5.41) is 6.57. The van der Waals surface area contributed by atoms with Crippen molar-refractivity contribution < 1.29 is 18.7 Å². The Kier molecular flexibility index (Phi) is 6.78. The third-order valence-corrected chi connectivity index (χ3v) is 7.30. The zero-order valence-electron chi connectivity index (χ0n) is 21.2. The number of imidazole rings is 1. The number of pyridine rings is 1. The third-order valence-electron chi connectivity index (χ3n) is 7.30. The molecule has 4 heterocycles. The molecule has 0 aliphatic carbocycles. The predicted octanol–water partition coefficient (Wildman–Crippen LogP) is 5.01. The van der Waals surface area contributed by atoms with Crippen molar-refractivity contribution in [1.82, 2.24) is 19.9 Å². The highest BCUT2D eigenvalue weighted by Crippen LogP contribution is 2.32. The summed E-state index contributed by atoms with van der Waals surface area (Å²) in [6, 6.07) is 14.3. The Balaban J connectivity index is 1.18. The van der Waals surface area contributed by atoms with Crippen LogP contribution in [-0.2, 0) is 23.0 Å². The van der Waals surface area contributed by atoms with Crippen molar-refractivity contribution in [3.63, 3.8) is 0 Å². The van der Waals surface area contributed by atoms with Gasteiger partial charge in [-0.1, -0.05) is 0 Å². The minimum atomic E-state index is -0.211. The van der Waals surface area contributed by atoms with Crippen LogP contribution < -0.4 is 15.4 Å². The number of hydrogen-bond donors (Lipinski definition) is 2. The van der Waals surface area contributed by atoms with Gasteiger partial charge in [0, 0.05) is 43.6 Å². The average Bonchev–Trinajstić information content (AvgIpc) is 3.68. The van der Waals surface area contributed by atoms with Gasteiger partial charge >= 0.3 is 0 Å². The Morgan fingerprint density at radius 2 is 2.08 bits per heavy atom. The second-order valence-corrected chi connectivity index (χ2v) is 9.94. The van der Waals surface area contributed by atoms with E-state index in [-0.39, 0.29) is 30.0 Å². The molecular formula is C29H30FN5O3. The number of nitrogens with one attached hydrogen (secondary N) is 2. The lowest BCUT2D eigenvalue weighted by Crippen LogP contribution is -2.32. The molecule has 4 aromatic rings. The molecule has 2 aromatic carbocycles. The fourth-order valence-corrected chi connectivity index (χ4v) is 5.21. The van der Waals surface area contributed by atoms with Gasteiger partial charge in [-0.3, -0.25) is 9.78 Å². The first-order valence-electron chi connectivity index (χ1n) is 13.0. The summed E-state index contributed by atoms with van der Waals surface area (Å²) in [4.78, 5) is 21.6. The number of benzene rings is 2. The molecule has 38 heavy (non-hydrogen) atoms. The largest absolute Gasteiger partial charge is 0.457 e. The number of rotatable bonds is 8. The smallest absolute Gasteiger partial charge is 0.208 e. The van der Waals surface area contributed by atoms with E-state index in [1.54, 1.807) is 18.3 Å². The van der Waals surface area contributed by atoms with Crippen LogP contribution in [0, 0.1) is 5.82 Å². The van der Waals surface area contributed by atoms with Crippen LogP contribution in [0.15, 0.2) is 54.7 Å². The number of ether oxygens (including phenoxy) is 2. The molecule has 6 rings (SSSR count). The van der Waals surface area contributed by atoms with Crippen LogP contribution in [-0.4, -0.2) is 46.1 Å². The molecule has 1 unspecified atom stereocenters. The Morgan fingerprint density at radius 1 is 1.18 bits per heavy atom. The topological polar surface area (TPSA) is 90.3 Å². The lowest BCUT2D eigenvalue weighted by Gasteiger charge is -2.13. The zero-order chi connectivity index (χ0) is 26.1. The van der Waals surface area contributed by atoms with Crippen molar-refractivity contribution in [2.45, 2.75) is 37.6 Å². The minimum Gasteiger partial charge on any atom is -0.457 e. The van der Waals surface area contributed by atoms with E-state index in [9.17, 15) is 9.18 Å². The monoisotopic (exact) mass is 515 g/mol. The lowest BCUT2D eigenvalue weighted by atomic mass is 9.97. The van der Waals surface area contributed by atoms with Crippen molar-refractivity contribution >= 4 is 28.5 Å².